The number of carbonyl (C=O) groups excluding carboxylic acids is 2. The molecule has 1 aromatic heterocycles. The molecule has 1 unspecified atom stereocenters. The molecule has 0 bridgehead atoms. The highest BCUT2D eigenvalue weighted by Gasteiger charge is 2.28. The van der Waals surface area contributed by atoms with Crippen LogP contribution in [0.2, 0.25) is 0 Å². The van der Waals surface area contributed by atoms with E-state index in [1.807, 2.05) is 24.3 Å². The number of rotatable bonds is 23. The molecule has 7 heteroatoms. The van der Waals surface area contributed by atoms with Gasteiger partial charge < -0.3 is 13.9 Å². The van der Waals surface area contributed by atoms with Crippen LogP contribution < -0.4 is 0 Å². The molecule has 0 N–H and O–H groups in total. The first-order valence-corrected chi connectivity index (χ1v) is 15.9. The molecular formula is C31H49NO5S. The summed E-state index contributed by atoms with van der Waals surface area (Å²) in [6, 6.07) is 7.45. The predicted octanol–water partition coefficient (Wildman–Crippen LogP) is 9.05. The summed E-state index contributed by atoms with van der Waals surface area (Å²) in [5.41, 5.74) is 1.37. The van der Waals surface area contributed by atoms with Crippen LogP contribution in [0, 0.1) is 0 Å². The number of para-hydroxylation sites is 2. The third-order valence-corrected chi connectivity index (χ3v) is 7.66. The molecule has 0 aliphatic rings. The van der Waals surface area contributed by atoms with E-state index in [-0.39, 0.29) is 12.4 Å². The van der Waals surface area contributed by atoms with E-state index < -0.39 is 11.2 Å². The Morgan fingerprint density at radius 3 is 1.87 bits per heavy atom. The summed E-state index contributed by atoms with van der Waals surface area (Å²) in [6.45, 7) is 5.20. The first-order chi connectivity index (χ1) is 18.6. The summed E-state index contributed by atoms with van der Waals surface area (Å²) in [7, 11) is 0. The molecule has 0 fully saturated rings. The normalized spacial score (nSPS) is 12.1. The highest BCUT2D eigenvalue weighted by molar-refractivity contribution is 8.00. The van der Waals surface area contributed by atoms with Crippen molar-refractivity contribution >= 4 is 34.8 Å². The molecule has 0 aliphatic carbocycles. The molecule has 1 aromatic carbocycles. The molecule has 2 aromatic rings. The van der Waals surface area contributed by atoms with Crippen molar-refractivity contribution in [1.82, 2.24) is 4.98 Å². The van der Waals surface area contributed by atoms with Crippen molar-refractivity contribution in [3.05, 3.63) is 24.3 Å². The largest absolute Gasteiger partial charge is 0.466 e. The lowest BCUT2D eigenvalue weighted by atomic mass is 10.1. The van der Waals surface area contributed by atoms with Crippen molar-refractivity contribution in [3.63, 3.8) is 0 Å². The number of esters is 2. The van der Waals surface area contributed by atoms with Crippen molar-refractivity contribution in [2.45, 2.75) is 133 Å². The van der Waals surface area contributed by atoms with Crippen LogP contribution in [0.4, 0.5) is 0 Å². The number of nitrogens with zero attached hydrogens (tertiary/aromatic N) is 1. The fourth-order valence-corrected chi connectivity index (χ4v) is 5.25. The number of carbonyl (C=O) groups is 2. The van der Waals surface area contributed by atoms with Crippen LogP contribution in [0.5, 0.6) is 0 Å². The van der Waals surface area contributed by atoms with Crippen LogP contribution >= 0.6 is 11.8 Å². The van der Waals surface area contributed by atoms with E-state index in [1.54, 1.807) is 0 Å². The van der Waals surface area contributed by atoms with Crippen molar-refractivity contribution < 1.29 is 23.5 Å². The van der Waals surface area contributed by atoms with Crippen LogP contribution in [0.1, 0.15) is 123 Å². The van der Waals surface area contributed by atoms with Crippen LogP contribution in [-0.2, 0) is 19.1 Å². The third kappa shape index (κ3) is 14.2. The molecule has 6 nitrogen and oxygen atoms in total. The molecule has 0 radical (unpaired) electrons. The molecule has 0 saturated carbocycles. The monoisotopic (exact) mass is 547 g/mol. The number of hydrogen-bond acceptors (Lipinski definition) is 7. The summed E-state index contributed by atoms with van der Waals surface area (Å²) < 4.78 is 16.8. The van der Waals surface area contributed by atoms with Crippen molar-refractivity contribution in [1.29, 1.82) is 0 Å². The van der Waals surface area contributed by atoms with Gasteiger partial charge in [0.05, 0.1) is 19.6 Å². The van der Waals surface area contributed by atoms with E-state index in [2.05, 4.69) is 18.8 Å². The Morgan fingerprint density at radius 2 is 1.29 bits per heavy atom. The lowest BCUT2D eigenvalue weighted by Gasteiger charge is -2.14. The number of benzene rings is 1. The van der Waals surface area contributed by atoms with Crippen LogP contribution in [-0.4, -0.2) is 35.4 Å². The molecule has 214 valence electrons. The number of hydrogen-bond donors (Lipinski definition) is 0. The molecule has 1 atom stereocenters. The fraction of sp³-hybridized carbons (Fsp3) is 0.710. The van der Waals surface area contributed by atoms with Gasteiger partial charge in [-0.05, 0) is 25.0 Å². The van der Waals surface area contributed by atoms with E-state index >= 15 is 0 Å². The Labute approximate surface area is 234 Å². The second kappa shape index (κ2) is 20.9. The minimum atomic E-state index is -0.747. The number of thioether (sulfide) groups is 1. The molecule has 0 aliphatic heterocycles. The minimum Gasteiger partial charge on any atom is -0.466 e. The Kier molecular flexibility index (Phi) is 17.7. The smallest absolute Gasteiger partial charge is 0.320 e. The number of aromatic nitrogens is 1. The van der Waals surface area contributed by atoms with Gasteiger partial charge in [-0.2, -0.15) is 0 Å². The number of unbranched alkanes of at least 4 members (excludes halogenated alkanes) is 14. The van der Waals surface area contributed by atoms with Crippen molar-refractivity contribution in [2.24, 2.45) is 0 Å². The maximum Gasteiger partial charge on any atom is 0.320 e. The zero-order valence-electron chi connectivity index (χ0n) is 23.7. The second-order valence-corrected chi connectivity index (χ2v) is 11.2. The van der Waals surface area contributed by atoms with Crippen molar-refractivity contribution in [2.75, 3.05) is 13.2 Å². The van der Waals surface area contributed by atoms with Gasteiger partial charge in [-0.3, -0.25) is 9.59 Å². The molecule has 1 heterocycles. The van der Waals surface area contributed by atoms with Gasteiger partial charge >= 0.3 is 11.9 Å². The van der Waals surface area contributed by atoms with Gasteiger partial charge in [0.25, 0.3) is 5.22 Å². The quantitative estimate of drug-likeness (QED) is 0.0780. The standard InChI is InChI=1S/C31H49NO5S/c1-3-5-7-9-11-13-15-19-23-35-29(33)25-28(38-31-32-26-21-17-18-22-27(26)37-31)30(34)36-24-20-16-14-12-10-8-6-4-2/h17-18,21-22,28H,3-16,19-20,23-25H2,1-2H3. The van der Waals surface area contributed by atoms with Gasteiger partial charge in [0.2, 0.25) is 0 Å². The summed E-state index contributed by atoms with van der Waals surface area (Å²) in [5.74, 6) is -0.796. The van der Waals surface area contributed by atoms with Crippen molar-refractivity contribution in [3.8, 4) is 0 Å². The van der Waals surface area contributed by atoms with Gasteiger partial charge in [0.15, 0.2) is 5.58 Å². The van der Waals surface area contributed by atoms with Crippen LogP contribution in [0.3, 0.4) is 0 Å². The molecule has 0 saturated heterocycles. The van der Waals surface area contributed by atoms with E-state index in [0.29, 0.717) is 24.0 Å². The Bertz CT molecular complexity index is 866. The lowest BCUT2D eigenvalue weighted by Crippen LogP contribution is -2.25. The van der Waals surface area contributed by atoms with E-state index in [1.165, 1.54) is 70.6 Å². The zero-order valence-corrected chi connectivity index (χ0v) is 24.5. The topological polar surface area (TPSA) is 78.6 Å². The lowest BCUT2D eigenvalue weighted by molar-refractivity contribution is -0.149. The molecular weight excluding hydrogens is 498 g/mol. The summed E-state index contributed by atoms with van der Waals surface area (Å²) in [5, 5.41) is -0.390. The second-order valence-electron chi connectivity index (χ2n) is 10.1. The highest BCUT2D eigenvalue weighted by atomic mass is 32.2. The van der Waals surface area contributed by atoms with Crippen LogP contribution in [0.25, 0.3) is 11.1 Å². The third-order valence-electron chi connectivity index (χ3n) is 6.64. The van der Waals surface area contributed by atoms with Crippen LogP contribution in [0.15, 0.2) is 33.9 Å². The maximum atomic E-state index is 12.9. The molecule has 2 rings (SSSR count). The Hall–Kier alpha value is -2.02. The SMILES string of the molecule is CCCCCCCCCCOC(=O)CC(Sc1nc2ccccc2o1)C(=O)OCCCCCCCCCC. The average molecular weight is 548 g/mol. The van der Waals surface area contributed by atoms with E-state index in [9.17, 15) is 9.59 Å². The summed E-state index contributed by atoms with van der Waals surface area (Å²) in [4.78, 5) is 29.9. The maximum absolute atomic E-state index is 12.9. The summed E-state index contributed by atoms with van der Waals surface area (Å²) in [6.07, 6.45) is 18.8. The predicted molar refractivity (Wildman–Crippen MR) is 155 cm³/mol. The molecule has 0 amide bonds. The number of fused-ring (bicyclic) bond motifs is 1. The minimum absolute atomic E-state index is 0.0589. The first kappa shape index (κ1) is 32.2. The molecule has 0 spiro atoms. The Morgan fingerprint density at radius 1 is 0.763 bits per heavy atom. The van der Waals surface area contributed by atoms with Gasteiger partial charge in [-0.25, -0.2) is 4.98 Å². The van der Waals surface area contributed by atoms with Gasteiger partial charge in [0, 0.05) is 0 Å². The zero-order chi connectivity index (χ0) is 27.3. The van der Waals surface area contributed by atoms with Gasteiger partial charge in [0.1, 0.15) is 10.8 Å². The highest BCUT2D eigenvalue weighted by Crippen LogP contribution is 2.29. The number of oxazole rings is 1. The first-order valence-electron chi connectivity index (χ1n) is 15.0. The summed E-state index contributed by atoms with van der Waals surface area (Å²) >= 11 is 1.13. The Balaban J connectivity index is 1.75. The van der Waals surface area contributed by atoms with E-state index in [0.717, 1.165) is 49.4 Å². The molecule has 38 heavy (non-hydrogen) atoms. The number of ether oxygens (including phenoxy) is 2. The van der Waals surface area contributed by atoms with Gasteiger partial charge in [-0.15, -0.1) is 0 Å². The van der Waals surface area contributed by atoms with E-state index in [4.69, 9.17) is 13.9 Å². The average Bonchev–Trinajstić information content (AvgIpc) is 3.33. The van der Waals surface area contributed by atoms with Gasteiger partial charge in [-0.1, -0.05) is 128 Å². The fourth-order valence-electron chi connectivity index (χ4n) is 4.33.